The summed E-state index contributed by atoms with van der Waals surface area (Å²) in [6.45, 7) is 8.59. The summed E-state index contributed by atoms with van der Waals surface area (Å²) in [4.78, 5) is 26.9. The molecule has 1 fully saturated rings. The van der Waals surface area contributed by atoms with Crippen molar-refractivity contribution in [3.8, 4) is 0 Å². The van der Waals surface area contributed by atoms with E-state index in [9.17, 15) is 9.59 Å². The van der Waals surface area contributed by atoms with Gasteiger partial charge in [0.15, 0.2) is 0 Å². The first kappa shape index (κ1) is 17.5. The normalized spacial score (nSPS) is 15.2. The lowest BCUT2D eigenvalue weighted by Gasteiger charge is -2.34. The number of hydrogen-bond donors (Lipinski definition) is 1. The van der Waals surface area contributed by atoms with Crippen molar-refractivity contribution >= 4 is 12.0 Å². The number of hydrogen-bond acceptors (Lipinski definition) is 2. The smallest absolute Gasteiger partial charge is 0.323 e. The summed E-state index contributed by atoms with van der Waals surface area (Å²) < 4.78 is 0. The van der Waals surface area contributed by atoms with Crippen LogP contribution in [0.4, 0.5) is 4.79 Å². The van der Waals surface area contributed by atoms with Crippen molar-refractivity contribution in [3.63, 3.8) is 0 Å². The summed E-state index contributed by atoms with van der Waals surface area (Å²) in [5.41, 5.74) is 0. The molecule has 0 aliphatic heterocycles. The Balaban J connectivity index is 2.79. The number of carbonyl (C=O) groups excluding carboxylic acids is 1. The van der Waals surface area contributed by atoms with Crippen molar-refractivity contribution in [1.29, 1.82) is 0 Å². The minimum atomic E-state index is -0.986. The first-order valence-corrected chi connectivity index (χ1v) is 7.84. The van der Waals surface area contributed by atoms with Crippen LogP contribution >= 0.6 is 0 Å². The standard InChI is InChI=1S/C16H28N2O3/c1-4-10-17(12-15(19)20)16(21)18(11-9-13(2)3)14-7-5-6-8-14/h4,13-14H,1,5-12H2,2-3H3,(H,19,20). The minimum absolute atomic E-state index is 0.162. The third kappa shape index (κ3) is 5.78. The molecule has 0 unspecified atom stereocenters. The van der Waals surface area contributed by atoms with Gasteiger partial charge < -0.3 is 14.9 Å². The molecule has 120 valence electrons. The summed E-state index contributed by atoms with van der Waals surface area (Å²) in [7, 11) is 0. The van der Waals surface area contributed by atoms with E-state index in [1.165, 1.54) is 4.90 Å². The Kier molecular flexibility index (Phi) is 7.26. The van der Waals surface area contributed by atoms with Crippen LogP contribution in [0.1, 0.15) is 46.0 Å². The van der Waals surface area contributed by atoms with E-state index in [1.54, 1.807) is 6.08 Å². The lowest BCUT2D eigenvalue weighted by atomic mass is 10.1. The molecular weight excluding hydrogens is 268 g/mol. The third-order valence-electron chi connectivity index (χ3n) is 3.90. The first-order chi connectivity index (χ1) is 9.95. The number of rotatable bonds is 8. The van der Waals surface area contributed by atoms with E-state index in [1.807, 2.05) is 4.90 Å². The molecule has 21 heavy (non-hydrogen) atoms. The molecule has 0 spiro atoms. The summed E-state index contributed by atoms with van der Waals surface area (Å²) in [6, 6.07) is 0.0993. The fraction of sp³-hybridized carbons (Fsp3) is 0.750. The average Bonchev–Trinajstić information content (AvgIpc) is 2.91. The van der Waals surface area contributed by atoms with Gasteiger partial charge in [-0.3, -0.25) is 4.79 Å². The molecule has 2 amide bonds. The molecule has 1 aliphatic rings. The topological polar surface area (TPSA) is 60.9 Å². The maximum atomic E-state index is 12.7. The lowest BCUT2D eigenvalue weighted by Crippen LogP contribution is -2.49. The van der Waals surface area contributed by atoms with E-state index in [2.05, 4.69) is 20.4 Å². The predicted octanol–water partition coefficient (Wildman–Crippen LogP) is 2.97. The van der Waals surface area contributed by atoms with Crippen LogP contribution in [0.15, 0.2) is 12.7 Å². The zero-order chi connectivity index (χ0) is 15.8. The summed E-state index contributed by atoms with van der Waals surface area (Å²) >= 11 is 0. The molecule has 1 aliphatic carbocycles. The van der Waals surface area contributed by atoms with Gasteiger partial charge in [0.2, 0.25) is 0 Å². The van der Waals surface area contributed by atoms with E-state index < -0.39 is 5.97 Å². The molecular formula is C16H28N2O3. The van der Waals surface area contributed by atoms with Gasteiger partial charge >= 0.3 is 12.0 Å². The maximum absolute atomic E-state index is 12.7. The van der Waals surface area contributed by atoms with Crippen molar-refractivity contribution in [3.05, 3.63) is 12.7 Å². The van der Waals surface area contributed by atoms with Gasteiger partial charge in [0.05, 0.1) is 0 Å². The van der Waals surface area contributed by atoms with Crippen molar-refractivity contribution in [2.45, 2.75) is 52.0 Å². The van der Waals surface area contributed by atoms with Gasteiger partial charge in [-0.2, -0.15) is 0 Å². The van der Waals surface area contributed by atoms with E-state index in [0.717, 1.165) is 32.1 Å². The van der Waals surface area contributed by atoms with Crippen LogP contribution in [0.2, 0.25) is 0 Å². The van der Waals surface area contributed by atoms with Crippen molar-refractivity contribution < 1.29 is 14.7 Å². The Labute approximate surface area is 127 Å². The molecule has 0 saturated heterocycles. The van der Waals surface area contributed by atoms with Crippen molar-refractivity contribution in [2.75, 3.05) is 19.6 Å². The Morgan fingerprint density at radius 2 is 1.95 bits per heavy atom. The average molecular weight is 296 g/mol. The molecule has 0 heterocycles. The van der Waals surface area contributed by atoms with Gasteiger partial charge in [-0.25, -0.2) is 4.79 Å². The van der Waals surface area contributed by atoms with Crippen LogP contribution in [0.5, 0.6) is 0 Å². The van der Waals surface area contributed by atoms with E-state index in [4.69, 9.17) is 5.11 Å². The summed E-state index contributed by atoms with van der Waals surface area (Å²) in [6.07, 6.45) is 6.87. The molecule has 0 radical (unpaired) electrons. The van der Waals surface area contributed by atoms with Crippen LogP contribution in [0.25, 0.3) is 0 Å². The maximum Gasteiger partial charge on any atom is 0.323 e. The zero-order valence-electron chi connectivity index (χ0n) is 13.3. The van der Waals surface area contributed by atoms with Gasteiger partial charge in [-0.15, -0.1) is 6.58 Å². The minimum Gasteiger partial charge on any atom is -0.480 e. The molecule has 5 heteroatoms. The fourth-order valence-electron chi connectivity index (χ4n) is 2.76. The molecule has 0 aromatic carbocycles. The van der Waals surface area contributed by atoms with Crippen LogP contribution in [0.3, 0.4) is 0 Å². The van der Waals surface area contributed by atoms with Crippen LogP contribution < -0.4 is 0 Å². The molecule has 0 bridgehead atoms. The molecule has 1 saturated carbocycles. The number of aliphatic carboxylic acids is 1. The van der Waals surface area contributed by atoms with Crippen LogP contribution in [0, 0.1) is 5.92 Å². The van der Waals surface area contributed by atoms with Crippen molar-refractivity contribution in [2.24, 2.45) is 5.92 Å². The largest absolute Gasteiger partial charge is 0.480 e. The monoisotopic (exact) mass is 296 g/mol. The van der Waals surface area contributed by atoms with Crippen LogP contribution in [-0.4, -0.2) is 52.6 Å². The van der Waals surface area contributed by atoms with E-state index >= 15 is 0 Å². The number of carboxylic acids is 1. The van der Waals surface area contributed by atoms with E-state index in [-0.39, 0.29) is 25.2 Å². The molecule has 1 N–H and O–H groups in total. The highest BCUT2D eigenvalue weighted by molar-refractivity contribution is 5.80. The Morgan fingerprint density at radius 1 is 1.33 bits per heavy atom. The quantitative estimate of drug-likeness (QED) is 0.700. The SMILES string of the molecule is C=CCN(CC(=O)O)C(=O)N(CCC(C)C)C1CCCC1. The van der Waals surface area contributed by atoms with Crippen molar-refractivity contribution in [1.82, 2.24) is 9.80 Å². The number of carboxylic acid groups (broad SMARTS) is 1. The Morgan fingerprint density at radius 3 is 2.43 bits per heavy atom. The second-order valence-electron chi connectivity index (χ2n) is 6.16. The van der Waals surface area contributed by atoms with Gasteiger partial charge in [-0.1, -0.05) is 32.8 Å². The summed E-state index contributed by atoms with van der Waals surface area (Å²) in [5.74, 6) is -0.463. The number of nitrogens with zero attached hydrogens (tertiary/aromatic N) is 2. The number of amides is 2. The number of urea groups is 1. The highest BCUT2D eigenvalue weighted by Crippen LogP contribution is 2.25. The fourth-order valence-corrected chi connectivity index (χ4v) is 2.76. The Hall–Kier alpha value is -1.52. The van der Waals surface area contributed by atoms with Crippen LogP contribution in [-0.2, 0) is 4.79 Å². The van der Waals surface area contributed by atoms with Gasteiger partial charge in [0.25, 0.3) is 0 Å². The lowest BCUT2D eigenvalue weighted by molar-refractivity contribution is -0.137. The second-order valence-corrected chi connectivity index (χ2v) is 6.16. The second kappa shape index (κ2) is 8.70. The van der Waals surface area contributed by atoms with E-state index in [0.29, 0.717) is 12.5 Å². The molecule has 0 aromatic rings. The molecule has 1 rings (SSSR count). The number of carbonyl (C=O) groups is 2. The van der Waals surface area contributed by atoms with Gasteiger partial charge in [0, 0.05) is 19.1 Å². The highest BCUT2D eigenvalue weighted by Gasteiger charge is 2.30. The molecule has 5 nitrogen and oxygen atoms in total. The first-order valence-electron chi connectivity index (χ1n) is 7.84. The zero-order valence-corrected chi connectivity index (χ0v) is 13.3. The summed E-state index contributed by atoms with van der Waals surface area (Å²) in [5, 5.41) is 8.98. The van der Waals surface area contributed by atoms with Gasteiger partial charge in [0.1, 0.15) is 6.54 Å². The highest BCUT2D eigenvalue weighted by atomic mass is 16.4. The Bertz CT molecular complexity index is 363. The molecule has 0 aromatic heterocycles. The predicted molar refractivity (Wildman–Crippen MR) is 83.2 cm³/mol. The van der Waals surface area contributed by atoms with Gasteiger partial charge in [-0.05, 0) is 25.2 Å². The third-order valence-corrected chi connectivity index (χ3v) is 3.90. The molecule has 0 atom stereocenters.